The molecule has 2 aliphatic rings. The lowest BCUT2D eigenvalue weighted by Crippen LogP contribution is -2.45. The third-order valence-corrected chi connectivity index (χ3v) is 5.37. The van der Waals surface area contributed by atoms with E-state index in [1.807, 2.05) is 0 Å². The molecule has 172 valence electrons. The normalized spacial score (nSPS) is 18.6. The van der Waals surface area contributed by atoms with Crippen LogP contribution in [0.15, 0.2) is 16.5 Å². The van der Waals surface area contributed by atoms with Gasteiger partial charge in [0.15, 0.2) is 0 Å². The van der Waals surface area contributed by atoms with Gasteiger partial charge in [-0.1, -0.05) is 0 Å². The van der Waals surface area contributed by atoms with E-state index in [0.717, 1.165) is 12.5 Å². The number of hydrogen-bond donors (Lipinski definition) is 0. The Morgan fingerprint density at radius 3 is 2.72 bits per heavy atom. The summed E-state index contributed by atoms with van der Waals surface area (Å²) in [5.74, 6) is -2.25. The molecule has 11 heteroatoms. The summed E-state index contributed by atoms with van der Waals surface area (Å²) < 4.78 is 50.5. The first-order valence-electron chi connectivity index (χ1n) is 10.3. The molecule has 0 aliphatic carbocycles. The molecule has 2 amide bonds. The predicted octanol–water partition coefficient (Wildman–Crippen LogP) is 4.17. The minimum absolute atomic E-state index is 0.0467. The number of halogens is 3. The summed E-state index contributed by atoms with van der Waals surface area (Å²) in [6, 6.07) is 2.21. The lowest BCUT2D eigenvalue weighted by atomic mass is 10.1. The lowest BCUT2D eigenvalue weighted by molar-refractivity contribution is 0.0193. The van der Waals surface area contributed by atoms with E-state index < -0.39 is 35.7 Å². The van der Waals surface area contributed by atoms with Crippen molar-refractivity contribution in [2.75, 3.05) is 13.1 Å². The van der Waals surface area contributed by atoms with Crippen LogP contribution in [0.3, 0.4) is 0 Å². The summed E-state index contributed by atoms with van der Waals surface area (Å²) in [5, 5.41) is 6.75. The first-order chi connectivity index (χ1) is 15.0. The van der Waals surface area contributed by atoms with Crippen LogP contribution in [-0.2, 0) is 11.3 Å². The van der Waals surface area contributed by atoms with E-state index in [0.29, 0.717) is 13.0 Å². The van der Waals surface area contributed by atoms with Crippen LogP contribution in [0.25, 0.3) is 11.5 Å². The number of rotatable bonds is 4. The van der Waals surface area contributed by atoms with Gasteiger partial charge in [0.2, 0.25) is 5.89 Å². The Hall–Kier alpha value is -3.11. The van der Waals surface area contributed by atoms with Gasteiger partial charge in [0.05, 0.1) is 6.04 Å². The molecule has 1 aromatic heterocycles. The maximum Gasteiger partial charge on any atom is 0.410 e. The first-order valence-corrected chi connectivity index (χ1v) is 10.3. The largest absolute Gasteiger partial charge is 0.444 e. The smallest absolute Gasteiger partial charge is 0.410 e. The summed E-state index contributed by atoms with van der Waals surface area (Å²) in [7, 11) is 0. The fourth-order valence-electron chi connectivity index (χ4n) is 3.97. The summed E-state index contributed by atoms with van der Waals surface area (Å²) in [6.07, 6.45) is -1.91. The first kappa shape index (κ1) is 22.1. The molecular formula is C21H23F3N4O4. The van der Waals surface area contributed by atoms with Gasteiger partial charge < -0.3 is 19.0 Å². The van der Waals surface area contributed by atoms with Crippen molar-refractivity contribution in [2.24, 2.45) is 0 Å². The van der Waals surface area contributed by atoms with Crippen LogP contribution >= 0.6 is 0 Å². The number of likely N-dealkylation sites (tertiary alicyclic amines) is 1. The molecule has 32 heavy (non-hydrogen) atoms. The van der Waals surface area contributed by atoms with Gasteiger partial charge in [0, 0.05) is 36.3 Å². The van der Waals surface area contributed by atoms with Crippen LogP contribution in [0.2, 0.25) is 0 Å². The molecule has 1 fully saturated rings. The Morgan fingerprint density at radius 1 is 1.31 bits per heavy atom. The molecule has 0 unspecified atom stereocenters. The molecule has 4 rings (SSSR count). The summed E-state index contributed by atoms with van der Waals surface area (Å²) in [6.45, 7) is 6.15. The topological polar surface area (TPSA) is 88.8 Å². The van der Waals surface area contributed by atoms with Crippen molar-refractivity contribution in [1.82, 2.24) is 20.0 Å². The predicted molar refractivity (Wildman–Crippen MR) is 105 cm³/mol. The van der Waals surface area contributed by atoms with Crippen LogP contribution in [0.4, 0.5) is 18.0 Å². The van der Waals surface area contributed by atoms with E-state index in [4.69, 9.17) is 9.15 Å². The van der Waals surface area contributed by atoms with E-state index in [-0.39, 0.29) is 41.7 Å². The number of alkyl halides is 2. The number of fused-ring (bicyclic) bond motifs is 1. The third kappa shape index (κ3) is 4.28. The highest BCUT2D eigenvalue weighted by Gasteiger charge is 2.38. The van der Waals surface area contributed by atoms with E-state index >= 15 is 0 Å². The van der Waals surface area contributed by atoms with Gasteiger partial charge in [-0.3, -0.25) is 4.79 Å². The zero-order valence-electron chi connectivity index (χ0n) is 17.9. The molecule has 8 nitrogen and oxygen atoms in total. The zero-order chi connectivity index (χ0) is 23.2. The molecule has 0 radical (unpaired) electrons. The highest BCUT2D eigenvalue weighted by Crippen LogP contribution is 2.33. The standard InChI is InChI=1S/C21H23F3N4O4/c1-21(2,3)32-20(30)28-6-4-5-12(28)9-27-10-14-13(19(27)29)7-11(8-15(14)22)17-25-26-18(31-17)16(23)24/h7-8,12,16H,4-6,9-10H2,1-3H3/t12-/m0/s1. The Morgan fingerprint density at radius 2 is 2.06 bits per heavy atom. The zero-order valence-corrected chi connectivity index (χ0v) is 17.9. The quantitative estimate of drug-likeness (QED) is 0.692. The maximum absolute atomic E-state index is 14.8. The van der Waals surface area contributed by atoms with Crippen LogP contribution in [-0.4, -0.2) is 56.7 Å². The number of ether oxygens (including phenoxy) is 1. The second-order valence-electron chi connectivity index (χ2n) is 8.89. The highest BCUT2D eigenvalue weighted by molar-refractivity contribution is 5.99. The van der Waals surface area contributed by atoms with Crippen LogP contribution in [0.5, 0.6) is 0 Å². The van der Waals surface area contributed by atoms with Gasteiger partial charge in [-0.05, 0) is 45.7 Å². The Bertz CT molecular complexity index is 1050. The minimum Gasteiger partial charge on any atom is -0.444 e. The molecule has 0 N–H and O–H groups in total. The lowest BCUT2D eigenvalue weighted by Gasteiger charge is -2.30. The molecule has 1 aromatic carbocycles. The summed E-state index contributed by atoms with van der Waals surface area (Å²) >= 11 is 0. The van der Waals surface area contributed by atoms with Crippen LogP contribution < -0.4 is 0 Å². The average molecular weight is 452 g/mol. The maximum atomic E-state index is 14.8. The van der Waals surface area contributed by atoms with Crippen molar-refractivity contribution in [3.05, 3.63) is 35.0 Å². The van der Waals surface area contributed by atoms with Gasteiger partial charge in [-0.15, -0.1) is 10.2 Å². The number of carbonyl (C=O) groups is 2. The van der Waals surface area contributed by atoms with Gasteiger partial charge >= 0.3 is 12.5 Å². The molecule has 3 heterocycles. The van der Waals surface area contributed by atoms with E-state index in [2.05, 4.69) is 10.2 Å². The molecule has 2 aliphatic heterocycles. The van der Waals surface area contributed by atoms with Gasteiger partial charge in [0.1, 0.15) is 11.4 Å². The molecule has 2 aromatic rings. The molecule has 1 atom stereocenters. The molecular weight excluding hydrogens is 429 g/mol. The Kier molecular flexibility index (Phi) is 5.59. The second kappa shape index (κ2) is 8.10. The van der Waals surface area contributed by atoms with E-state index in [9.17, 15) is 22.8 Å². The van der Waals surface area contributed by atoms with Crippen molar-refractivity contribution in [3.63, 3.8) is 0 Å². The molecule has 0 saturated carbocycles. The highest BCUT2D eigenvalue weighted by atomic mass is 19.3. The number of benzene rings is 1. The van der Waals surface area contributed by atoms with Crippen molar-refractivity contribution in [1.29, 1.82) is 0 Å². The van der Waals surface area contributed by atoms with E-state index in [1.54, 1.807) is 25.7 Å². The van der Waals surface area contributed by atoms with Gasteiger partial charge in [0.25, 0.3) is 11.8 Å². The van der Waals surface area contributed by atoms with Crippen molar-refractivity contribution >= 4 is 12.0 Å². The number of aromatic nitrogens is 2. The average Bonchev–Trinajstić information content (AvgIpc) is 3.41. The summed E-state index contributed by atoms with van der Waals surface area (Å²) in [5.41, 5.74) is -0.276. The number of nitrogens with zero attached hydrogens (tertiary/aromatic N) is 4. The van der Waals surface area contributed by atoms with Crippen molar-refractivity contribution in [3.8, 4) is 11.5 Å². The van der Waals surface area contributed by atoms with Crippen molar-refractivity contribution in [2.45, 2.75) is 58.2 Å². The summed E-state index contributed by atoms with van der Waals surface area (Å²) in [4.78, 5) is 28.6. The van der Waals surface area contributed by atoms with Gasteiger partial charge in [-0.25, -0.2) is 9.18 Å². The molecule has 0 spiro atoms. The number of hydrogen-bond acceptors (Lipinski definition) is 6. The fourth-order valence-corrected chi connectivity index (χ4v) is 3.97. The molecule has 0 bridgehead atoms. The van der Waals surface area contributed by atoms with Crippen molar-refractivity contribution < 1.29 is 31.9 Å². The monoisotopic (exact) mass is 452 g/mol. The van der Waals surface area contributed by atoms with Crippen LogP contribution in [0, 0.1) is 5.82 Å². The third-order valence-electron chi connectivity index (χ3n) is 5.37. The second-order valence-corrected chi connectivity index (χ2v) is 8.89. The SMILES string of the molecule is CC(C)(C)OC(=O)N1CCC[C@H]1CN1Cc2c(F)cc(-c3nnc(C(F)F)o3)cc2C1=O. The Labute approximate surface area is 182 Å². The van der Waals surface area contributed by atoms with Gasteiger partial charge in [-0.2, -0.15) is 8.78 Å². The minimum atomic E-state index is -2.95. The molecule has 1 saturated heterocycles. The number of carbonyl (C=O) groups excluding carboxylic acids is 2. The Balaban J connectivity index is 1.52. The number of amides is 2. The van der Waals surface area contributed by atoms with E-state index in [1.165, 1.54) is 11.0 Å². The van der Waals surface area contributed by atoms with Crippen LogP contribution in [0.1, 0.15) is 61.9 Å². The fraction of sp³-hybridized carbons (Fsp3) is 0.524.